The van der Waals surface area contributed by atoms with E-state index in [1.165, 1.54) is 24.3 Å². The lowest BCUT2D eigenvalue weighted by Crippen LogP contribution is -2.60. The van der Waals surface area contributed by atoms with Gasteiger partial charge in [-0.2, -0.15) is 0 Å². The molecule has 1 unspecified atom stereocenters. The van der Waals surface area contributed by atoms with Crippen LogP contribution >= 0.6 is 0 Å². The van der Waals surface area contributed by atoms with Gasteiger partial charge in [0.15, 0.2) is 0 Å². The highest BCUT2D eigenvalue weighted by Gasteiger charge is 2.34. The van der Waals surface area contributed by atoms with Crippen LogP contribution in [-0.2, 0) is 59.2 Å². The van der Waals surface area contributed by atoms with Crippen molar-refractivity contribution in [2.24, 2.45) is 29.4 Å². The highest BCUT2D eigenvalue weighted by Crippen LogP contribution is 2.16. The van der Waals surface area contributed by atoms with Crippen LogP contribution in [0, 0.1) is 23.7 Å². The van der Waals surface area contributed by atoms with Gasteiger partial charge in [0.25, 0.3) is 5.91 Å². The number of nitrogens with two attached hydrogens (primary N) is 1. The minimum absolute atomic E-state index is 0.0265. The van der Waals surface area contributed by atoms with Crippen molar-refractivity contribution in [3.63, 3.8) is 0 Å². The van der Waals surface area contributed by atoms with Crippen molar-refractivity contribution in [2.45, 2.75) is 155 Å². The van der Waals surface area contributed by atoms with E-state index in [9.17, 15) is 72.9 Å². The number of carboxylic acids is 2. The average molecular weight is 1120 g/mol. The number of hydrogen-bond acceptors (Lipinski definition) is 13. The highest BCUT2D eigenvalue weighted by atomic mass is 16.4. The minimum atomic E-state index is -1.67. The molecule has 80 heavy (non-hydrogen) atoms. The summed E-state index contributed by atoms with van der Waals surface area (Å²) in [6.45, 7) is 10.9. The maximum atomic E-state index is 14.4. The van der Waals surface area contributed by atoms with Gasteiger partial charge in [-0.1, -0.05) is 91.6 Å². The standard InChI is InChI=1S/C55H82N10O15/c1-8-9-15-36(55(79)80)28-42(67)57-25-14-13-18-38(60-53(77)40(26-31(2)3)63-54(78)47(33(6)7)65-44(69)29-58-49(73)35-16-11-10-12-17-35)51(75)61-39(23-24-45(70)71)52(76)62-41(27-34-19-21-37(66)22-20-34)50(74)59-30-43(68)64-46(32(4)5)48(56)72/h10-12,16-17,19-22,31-33,36,38-41,46-47,66H,8-9,13-15,18,23-30H2,1-7H3,(H2,56,72)(H,57,67)(H,58,73)(H,59,74)(H,60,77)(H,61,75)(H,62,76)(H,63,78)(H,64,68)(H,65,69)(H,70,71)(H,79,80)/t36?,38-,39-,40-,41-,46-,47-/m0/s1. The molecule has 2 aromatic rings. The fourth-order valence-electron chi connectivity index (χ4n) is 8.12. The summed E-state index contributed by atoms with van der Waals surface area (Å²) in [5.74, 6) is -12.5. The van der Waals surface area contributed by atoms with Crippen molar-refractivity contribution in [1.29, 1.82) is 0 Å². The Morgan fingerprint density at radius 3 is 1.61 bits per heavy atom. The van der Waals surface area contributed by atoms with Gasteiger partial charge in [-0.05, 0) is 86.1 Å². The molecular weight excluding hydrogens is 1040 g/mol. The van der Waals surface area contributed by atoms with Crippen LogP contribution in [0.5, 0.6) is 5.75 Å². The van der Waals surface area contributed by atoms with Crippen molar-refractivity contribution < 1.29 is 72.9 Å². The third-order valence-corrected chi connectivity index (χ3v) is 12.6. The van der Waals surface area contributed by atoms with Crippen LogP contribution in [0.2, 0.25) is 0 Å². The third kappa shape index (κ3) is 26.0. The lowest BCUT2D eigenvalue weighted by molar-refractivity contribution is -0.144. The Bertz CT molecular complexity index is 2420. The molecule has 2 rings (SSSR count). The molecule has 0 aliphatic carbocycles. The molecule has 25 heteroatoms. The molecular formula is C55H82N10O15. The van der Waals surface area contributed by atoms with Gasteiger partial charge in [0.05, 0.1) is 19.0 Å². The fourth-order valence-corrected chi connectivity index (χ4v) is 8.12. The number of rotatable bonds is 37. The predicted molar refractivity (Wildman–Crippen MR) is 293 cm³/mol. The number of aromatic hydroxyl groups is 1. The molecule has 0 saturated carbocycles. The zero-order valence-corrected chi connectivity index (χ0v) is 46.7. The molecule has 0 radical (unpaired) electrons. The Morgan fingerprint density at radius 1 is 0.537 bits per heavy atom. The summed E-state index contributed by atoms with van der Waals surface area (Å²) >= 11 is 0. The van der Waals surface area contributed by atoms with E-state index in [1.807, 2.05) is 6.92 Å². The van der Waals surface area contributed by atoms with Crippen molar-refractivity contribution in [2.75, 3.05) is 19.6 Å². The zero-order chi connectivity index (χ0) is 60.1. The van der Waals surface area contributed by atoms with Gasteiger partial charge in [-0.15, -0.1) is 0 Å². The average Bonchev–Trinajstić information content (AvgIpc) is 3.39. The minimum Gasteiger partial charge on any atom is -0.508 e. The number of carbonyl (C=O) groups excluding carboxylic acids is 10. The van der Waals surface area contributed by atoms with Gasteiger partial charge in [-0.3, -0.25) is 57.5 Å². The number of carboxylic acid groups (broad SMARTS) is 2. The molecule has 0 aliphatic rings. The van der Waals surface area contributed by atoms with Gasteiger partial charge in [0.1, 0.15) is 42.0 Å². The lowest BCUT2D eigenvalue weighted by atomic mass is 9.98. The van der Waals surface area contributed by atoms with Gasteiger partial charge >= 0.3 is 11.9 Å². The van der Waals surface area contributed by atoms with Crippen LogP contribution in [0.3, 0.4) is 0 Å². The second kappa shape index (κ2) is 35.4. The number of benzene rings is 2. The summed E-state index contributed by atoms with van der Waals surface area (Å²) in [5, 5.41) is 52.1. The number of primary amides is 1. The molecule has 0 bridgehead atoms. The molecule has 0 aliphatic heterocycles. The van der Waals surface area contributed by atoms with Gasteiger partial charge < -0.3 is 68.9 Å². The molecule has 14 N–H and O–H groups in total. The summed E-state index contributed by atoms with van der Waals surface area (Å²) in [6, 6.07) is 5.47. The lowest BCUT2D eigenvalue weighted by Gasteiger charge is -2.28. The van der Waals surface area contributed by atoms with Crippen molar-refractivity contribution >= 4 is 71.0 Å². The van der Waals surface area contributed by atoms with Crippen LogP contribution in [0.1, 0.15) is 129 Å². The third-order valence-electron chi connectivity index (χ3n) is 12.6. The summed E-state index contributed by atoms with van der Waals surface area (Å²) in [5.41, 5.74) is 6.14. The molecule has 0 aromatic heterocycles. The molecule has 0 heterocycles. The van der Waals surface area contributed by atoms with Crippen molar-refractivity contribution in [3.8, 4) is 5.75 Å². The zero-order valence-electron chi connectivity index (χ0n) is 46.7. The molecule has 7 atom stereocenters. The largest absolute Gasteiger partial charge is 0.508 e. The van der Waals surface area contributed by atoms with Gasteiger partial charge in [0.2, 0.25) is 53.2 Å². The molecule has 0 fully saturated rings. The van der Waals surface area contributed by atoms with E-state index in [0.717, 1.165) is 6.42 Å². The number of phenolic OH excluding ortho intramolecular Hbond substituents is 1. The first-order valence-corrected chi connectivity index (χ1v) is 26.9. The fraction of sp³-hybridized carbons (Fsp3) is 0.564. The molecule has 10 amide bonds. The van der Waals surface area contributed by atoms with Crippen molar-refractivity contribution in [1.82, 2.24) is 47.9 Å². The Labute approximate surface area is 466 Å². The summed E-state index contributed by atoms with van der Waals surface area (Å²) in [6.07, 6.45) is 0.178. The Morgan fingerprint density at radius 2 is 1.07 bits per heavy atom. The van der Waals surface area contributed by atoms with E-state index in [4.69, 9.17) is 5.73 Å². The van der Waals surface area contributed by atoms with Crippen molar-refractivity contribution in [3.05, 3.63) is 65.7 Å². The van der Waals surface area contributed by atoms with Crippen LogP contribution in [0.25, 0.3) is 0 Å². The first-order chi connectivity index (χ1) is 37.7. The maximum Gasteiger partial charge on any atom is 0.307 e. The van der Waals surface area contributed by atoms with E-state index >= 15 is 0 Å². The quantitative estimate of drug-likeness (QED) is 0.0414. The molecule has 25 nitrogen and oxygen atoms in total. The first kappa shape index (κ1) is 68.0. The van der Waals surface area contributed by atoms with Gasteiger partial charge in [-0.25, -0.2) is 0 Å². The Kier molecular flexibility index (Phi) is 30.1. The monoisotopic (exact) mass is 1120 g/mol. The van der Waals surface area contributed by atoms with E-state index < -0.39 is 151 Å². The molecule has 2 aromatic carbocycles. The van der Waals surface area contributed by atoms with Crippen LogP contribution in [0.4, 0.5) is 0 Å². The molecule has 0 saturated heterocycles. The van der Waals surface area contributed by atoms with Crippen LogP contribution < -0.4 is 53.6 Å². The summed E-state index contributed by atoms with van der Waals surface area (Å²) in [4.78, 5) is 157. The van der Waals surface area contributed by atoms with E-state index in [0.29, 0.717) is 24.0 Å². The molecule has 0 spiro atoms. The smallest absolute Gasteiger partial charge is 0.307 e. The Hall–Kier alpha value is -8.12. The second-order valence-corrected chi connectivity index (χ2v) is 20.7. The van der Waals surface area contributed by atoms with Crippen LogP contribution in [-0.4, -0.2) is 142 Å². The SMILES string of the molecule is CCCCC(CC(=O)NCCCC[C@H](NC(=O)[C@H](CC(C)C)NC(=O)[C@@H](NC(=O)CNC(=O)c1ccccc1)C(C)C)C(=O)N[C@@H](CCC(=O)O)C(=O)N[C@@H](Cc1ccc(O)cc1)C(=O)NCC(=O)N[C@H](C(N)=O)C(C)C)C(=O)O. The van der Waals surface area contributed by atoms with Crippen LogP contribution in [0.15, 0.2) is 54.6 Å². The summed E-state index contributed by atoms with van der Waals surface area (Å²) in [7, 11) is 0. The summed E-state index contributed by atoms with van der Waals surface area (Å²) < 4.78 is 0. The number of hydrogen-bond donors (Lipinski definition) is 13. The topological polar surface area (TPSA) is 400 Å². The number of amides is 10. The predicted octanol–water partition coefficient (Wildman–Crippen LogP) is 0.666. The highest BCUT2D eigenvalue weighted by molar-refractivity contribution is 5.99. The van der Waals surface area contributed by atoms with E-state index in [-0.39, 0.29) is 56.7 Å². The first-order valence-electron chi connectivity index (χ1n) is 26.9. The normalized spacial score (nSPS) is 13.7. The number of unbranched alkanes of at least 4 members (excludes halogenated alkanes) is 2. The molecule has 442 valence electrons. The second-order valence-electron chi connectivity index (χ2n) is 20.7. The van der Waals surface area contributed by atoms with E-state index in [2.05, 4.69) is 47.9 Å². The number of nitrogens with one attached hydrogen (secondary N) is 9. The number of aliphatic carboxylic acids is 2. The maximum absolute atomic E-state index is 14.4. The Balaban J connectivity index is 2.46. The number of carbonyl (C=O) groups is 12. The van der Waals surface area contributed by atoms with E-state index in [1.54, 1.807) is 71.9 Å². The van der Waals surface area contributed by atoms with Gasteiger partial charge in [0, 0.05) is 31.4 Å². The number of phenols is 1.